The Bertz CT molecular complexity index is 458. The van der Waals surface area contributed by atoms with E-state index >= 15 is 0 Å². The van der Waals surface area contributed by atoms with Crippen LogP contribution in [-0.4, -0.2) is 18.1 Å². The number of methoxy groups -OCH3 is 1. The highest BCUT2D eigenvalue weighted by atomic mass is 16.6. The Kier molecular flexibility index (Phi) is 4.37. The van der Waals surface area contributed by atoms with Crippen molar-refractivity contribution in [2.45, 2.75) is 38.8 Å². The van der Waals surface area contributed by atoms with Gasteiger partial charge in [0, 0.05) is 30.3 Å². The molecule has 1 unspecified atom stereocenters. The van der Waals surface area contributed by atoms with Crippen molar-refractivity contribution in [3.8, 4) is 5.75 Å². The van der Waals surface area contributed by atoms with E-state index in [1.165, 1.54) is 25.3 Å². The molecule has 0 radical (unpaired) electrons. The highest BCUT2D eigenvalue weighted by Gasteiger charge is 2.23. The van der Waals surface area contributed by atoms with Crippen molar-refractivity contribution in [2.75, 3.05) is 7.11 Å². The zero-order chi connectivity index (χ0) is 13.8. The fourth-order valence-electron chi connectivity index (χ4n) is 2.39. The molecule has 19 heavy (non-hydrogen) atoms. The van der Waals surface area contributed by atoms with Gasteiger partial charge in [-0.05, 0) is 31.7 Å². The Labute approximate surface area is 113 Å². The summed E-state index contributed by atoms with van der Waals surface area (Å²) in [5.41, 5.74) is 0.941. The van der Waals surface area contributed by atoms with Gasteiger partial charge in [-0.3, -0.25) is 10.1 Å². The number of hydrogen-bond donors (Lipinski definition) is 1. The molecule has 0 aromatic heterocycles. The molecule has 1 saturated carbocycles. The fourth-order valence-corrected chi connectivity index (χ4v) is 2.39. The lowest BCUT2D eigenvalue weighted by molar-refractivity contribution is -0.384. The Hall–Kier alpha value is -1.62. The molecule has 2 rings (SSSR count). The van der Waals surface area contributed by atoms with Crippen LogP contribution in [0.15, 0.2) is 18.2 Å². The van der Waals surface area contributed by atoms with Gasteiger partial charge in [-0.2, -0.15) is 0 Å². The predicted octanol–water partition coefficient (Wildman–Crippen LogP) is 2.88. The third kappa shape index (κ3) is 3.23. The van der Waals surface area contributed by atoms with Crippen molar-refractivity contribution in [1.29, 1.82) is 0 Å². The normalized spacial score (nSPS) is 16.7. The van der Waals surface area contributed by atoms with Crippen LogP contribution in [0.5, 0.6) is 5.75 Å². The van der Waals surface area contributed by atoms with Crippen molar-refractivity contribution in [2.24, 2.45) is 5.92 Å². The molecular weight excluding hydrogens is 244 g/mol. The van der Waals surface area contributed by atoms with Crippen molar-refractivity contribution < 1.29 is 9.66 Å². The molecule has 0 aliphatic heterocycles. The van der Waals surface area contributed by atoms with Crippen LogP contribution >= 0.6 is 0 Å². The fraction of sp³-hybridized carbons (Fsp3) is 0.571. The van der Waals surface area contributed by atoms with Gasteiger partial charge in [0.15, 0.2) is 0 Å². The summed E-state index contributed by atoms with van der Waals surface area (Å²) in [6.45, 7) is 2.77. The molecule has 1 aliphatic carbocycles. The summed E-state index contributed by atoms with van der Waals surface area (Å²) in [4.78, 5) is 10.4. The highest BCUT2D eigenvalue weighted by Crippen LogP contribution is 2.30. The van der Waals surface area contributed by atoms with Crippen LogP contribution in [0.1, 0.15) is 31.7 Å². The lowest BCUT2D eigenvalue weighted by atomic mass is 9.80. The van der Waals surface area contributed by atoms with E-state index in [4.69, 9.17) is 4.74 Å². The van der Waals surface area contributed by atoms with Gasteiger partial charge in [0.25, 0.3) is 5.69 Å². The standard InChI is InChI=1S/C14H20N2O3/c1-10(11-4-3-5-11)15-9-12-8-13(16(17)18)6-7-14(12)19-2/h6-8,10-11,15H,3-5,9H2,1-2H3. The van der Waals surface area contributed by atoms with Gasteiger partial charge in [0.1, 0.15) is 5.75 Å². The Morgan fingerprint density at radius 3 is 2.79 bits per heavy atom. The predicted molar refractivity (Wildman–Crippen MR) is 73.3 cm³/mol. The first-order chi connectivity index (χ1) is 9.11. The average Bonchev–Trinajstić information content (AvgIpc) is 2.33. The number of benzene rings is 1. The lowest BCUT2D eigenvalue weighted by Crippen LogP contribution is -2.36. The van der Waals surface area contributed by atoms with E-state index in [0.29, 0.717) is 18.3 Å². The molecule has 1 aromatic carbocycles. The minimum Gasteiger partial charge on any atom is -0.496 e. The maximum Gasteiger partial charge on any atom is 0.270 e. The zero-order valence-electron chi connectivity index (χ0n) is 11.4. The van der Waals surface area contributed by atoms with Crippen LogP contribution in [0.4, 0.5) is 5.69 Å². The number of nitro benzene ring substituents is 1. The average molecular weight is 264 g/mol. The molecule has 0 bridgehead atoms. The number of ether oxygens (including phenoxy) is 1. The minimum atomic E-state index is -0.377. The Morgan fingerprint density at radius 1 is 1.53 bits per heavy atom. The van der Waals surface area contributed by atoms with Gasteiger partial charge < -0.3 is 10.1 Å². The van der Waals surface area contributed by atoms with Crippen LogP contribution in [0.25, 0.3) is 0 Å². The number of non-ortho nitro benzene ring substituents is 1. The van der Waals surface area contributed by atoms with Crippen molar-refractivity contribution >= 4 is 5.69 Å². The van der Waals surface area contributed by atoms with E-state index in [1.807, 2.05) is 0 Å². The minimum absolute atomic E-state index is 0.105. The third-order valence-corrected chi connectivity index (χ3v) is 3.95. The second kappa shape index (κ2) is 6.02. The maximum absolute atomic E-state index is 10.8. The van der Waals surface area contributed by atoms with E-state index in [2.05, 4.69) is 12.2 Å². The molecule has 1 aromatic rings. The number of rotatable bonds is 6. The molecule has 1 atom stereocenters. The van der Waals surface area contributed by atoms with Crippen molar-refractivity contribution in [1.82, 2.24) is 5.32 Å². The molecule has 1 N–H and O–H groups in total. The van der Waals surface area contributed by atoms with Crippen LogP contribution in [0, 0.1) is 16.0 Å². The van der Waals surface area contributed by atoms with Crippen LogP contribution in [0.2, 0.25) is 0 Å². The molecule has 104 valence electrons. The summed E-state index contributed by atoms with van der Waals surface area (Å²) in [5, 5.41) is 14.2. The molecule has 0 saturated heterocycles. The largest absolute Gasteiger partial charge is 0.496 e. The summed E-state index contributed by atoms with van der Waals surface area (Å²) in [6, 6.07) is 5.15. The second-order valence-corrected chi connectivity index (χ2v) is 5.11. The van der Waals surface area contributed by atoms with Gasteiger partial charge in [0.05, 0.1) is 12.0 Å². The molecule has 1 fully saturated rings. The van der Waals surface area contributed by atoms with Crippen LogP contribution < -0.4 is 10.1 Å². The third-order valence-electron chi connectivity index (χ3n) is 3.95. The Balaban J connectivity index is 2.04. The quantitative estimate of drug-likeness (QED) is 0.634. The lowest BCUT2D eigenvalue weighted by Gasteiger charge is -2.32. The molecule has 1 aliphatic rings. The zero-order valence-corrected chi connectivity index (χ0v) is 11.4. The van der Waals surface area contributed by atoms with Gasteiger partial charge in [-0.15, -0.1) is 0 Å². The smallest absolute Gasteiger partial charge is 0.270 e. The first kappa shape index (κ1) is 13.8. The first-order valence-corrected chi connectivity index (χ1v) is 6.66. The number of nitrogens with one attached hydrogen (secondary N) is 1. The van der Waals surface area contributed by atoms with Gasteiger partial charge in [0.2, 0.25) is 0 Å². The molecule has 0 spiro atoms. The summed E-state index contributed by atoms with van der Waals surface area (Å²) in [6.07, 6.45) is 3.87. The van der Waals surface area contributed by atoms with E-state index < -0.39 is 0 Å². The second-order valence-electron chi connectivity index (χ2n) is 5.11. The van der Waals surface area contributed by atoms with E-state index in [1.54, 1.807) is 19.2 Å². The van der Waals surface area contributed by atoms with Crippen LogP contribution in [-0.2, 0) is 6.54 Å². The van der Waals surface area contributed by atoms with E-state index in [-0.39, 0.29) is 10.6 Å². The topological polar surface area (TPSA) is 64.4 Å². The summed E-state index contributed by atoms with van der Waals surface area (Å²) in [5.74, 6) is 1.43. The van der Waals surface area contributed by atoms with Gasteiger partial charge in [-0.25, -0.2) is 0 Å². The van der Waals surface area contributed by atoms with Crippen molar-refractivity contribution in [3.05, 3.63) is 33.9 Å². The van der Waals surface area contributed by atoms with Gasteiger partial charge in [-0.1, -0.05) is 6.42 Å². The monoisotopic (exact) mass is 264 g/mol. The van der Waals surface area contributed by atoms with E-state index in [0.717, 1.165) is 11.5 Å². The Morgan fingerprint density at radius 2 is 2.26 bits per heavy atom. The number of nitro groups is 1. The molecule has 5 heteroatoms. The maximum atomic E-state index is 10.8. The summed E-state index contributed by atoms with van der Waals surface area (Å²) < 4.78 is 5.25. The van der Waals surface area contributed by atoms with Crippen LogP contribution in [0.3, 0.4) is 0 Å². The molecule has 0 amide bonds. The molecule has 0 heterocycles. The summed E-state index contributed by atoms with van der Waals surface area (Å²) >= 11 is 0. The molecule has 5 nitrogen and oxygen atoms in total. The SMILES string of the molecule is COc1ccc([N+](=O)[O-])cc1CNC(C)C1CCC1. The highest BCUT2D eigenvalue weighted by molar-refractivity contribution is 5.43. The number of hydrogen-bond acceptors (Lipinski definition) is 4. The van der Waals surface area contributed by atoms with Gasteiger partial charge >= 0.3 is 0 Å². The molecular formula is C14H20N2O3. The summed E-state index contributed by atoms with van der Waals surface area (Å²) in [7, 11) is 1.58. The first-order valence-electron chi connectivity index (χ1n) is 6.66. The number of nitrogens with zero attached hydrogens (tertiary/aromatic N) is 1. The van der Waals surface area contributed by atoms with E-state index in [9.17, 15) is 10.1 Å². The van der Waals surface area contributed by atoms with Crippen molar-refractivity contribution in [3.63, 3.8) is 0 Å².